The summed E-state index contributed by atoms with van der Waals surface area (Å²) in [5.74, 6) is 0.553. The summed E-state index contributed by atoms with van der Waals surface area (Å²) in [6.07, 6.45) is 1.57. The summed E-state index contributed by atoms with van der Waals surface area (Å²) < 4.78 is 12.5. The second-order valence-corrected chi connectivity index (χ2v) is 4.75. The Morgan fingerprint density at radius 2 is 2.45 bits per heavy atom. The van der Waals surface area contributed by atoms with Crippen molar-refractivity contribution in [3.8, 4) is 5.75 Å². The van der Waals surface area contributed by atoms with Crippen molar-refractivity contribution < 1.29 is 9.47 Å². The van der Waals surface area contributed by atoms with E-state index in [4.69, 9.17) is 9.47 Å². The molecule has 6 heteroatoms. The molecule has 1 aromatic carbocycles. The van der Waals surface area contributed by atoms with Crippen molar-refractivity contribution in [2.45, 2.75) is 12.6 Å². The minimum absolute atomic E-state index is 0.00425. The minimum Gasteiger partial charge on any atom is -0.496 e. The number of nitrogens with zero attached hydrogens (tertiary/aromatic N) is 2. The van der Waals surface area contributed by atoms with Crippen molar-refractivity contribution in [3.05, 3.63) is 34.9 Å². The van der Waals surface area contributed by atoms with Crippen LogP contribution in [0.25, 0.3) is 10.9 Å². The van der Waals surface area contributed by atoms with E-state index in [1.165, 1.54) is 0 Å². The van der Waals surface area contributed by atoms with Crippen LogP contribution < -0.4 is 15.6 Å². The largest absolute Gasteiger partial charge is 0.496 e. The highest BCUT2D eigenvalue weighted by molar-refractivity contribution is 5.83. The Kier molecular flexibility index (Phi) is 3.66. The first-order chi connectivity index (χ1) is 9.79. The Morgan fingerprint density at radius 3 is 3.20 bits per heavy atom. The Bertz CT molecular complexity index is 662. The number of rotatable bonds is 3. The normalized spacial score (nSPS) is 19.1. The molecular weight excluding hydrogens is 258 g/mol. The summed E-state index contributed by atoms with van der Waals surface area (Å²) >= 11 is 0. The fraction of sp³-hybridized carbons (Fsp3) is 0.429. The highest BCUT2D eigenvalue weighted by Gasteiger charge is 2.16. The quantitative estimate of drug-likeness (QED) is 0.878. The zero-order valence-corrected chi connectivity index (χ0v) is 11.3. The molecule has 1 fully saturated rings. The van der Waals surface area contributed by atoms with E-state index in [9.17, 15) is 4.79 Å². The summed E-state index contributed by atoms with van der Waals surface area (Å²) in [5, 5.41) is 3.76. The zero-order valence-electron chi connectivity index (χ0n) is 11.3. The average molecular weight is 275 g/mol. The van der Waals surface area contributed by atoms with Gasteiger partial charge < -0.3 is 14.8 Å². The third-order valence-corrected chi connectivity index (χ3v) is 3.44. The molecule has 1 saturated heterocycles. The van der Waals surface area contributed by atoms with Crippen LogP contribution in [0.4, 0.5) is 0 Å². The van der Waals surface area contributed by atoms with Crippen molar-refractivity contribution in [2.75, 3.05) is 26.8 Å². The highest BCUT2D eigenvalue weighted by atomic mass is 16.5. The molecule has 1 aromatic heterocycles. The maximum Gasteiger partial charge on any atom is 0.265 e. The lowest BCUT2D eigenvalue weighted by Crippen LogP contribution is -2.42. The molecule has 20 heavy (non-hydrogen) atoms. The molecule has 0 spiro atoms. The van der Waals surface area contributed by atoms with Gasteiger partial charge in [-0.1, -0.05) is 6.07 Å². The molecule has 0 saturated carbocycles. The van der Waals surface area contributed by atoms with Crippen molar-refractivity contribution in [2.24, 2.45) is 0 Å². The molecule has 2 aromatic rings. The second-order valence-electron chi connectivity index (χ2n) is 4.75. The molecule has 1 atom stereocenters. The van der Waals surface area contributed by atoms with Crippen molar-refractivity contribution >= 4 is 10.9 Å². The predicted octanol–water partition coefficient (Wildman–Crippen LogP) is 0.394. The first-order valence-corrected chi connectivity index (χ1v) is 6.64. The van der Waals surface area contributed by atoms with Crippen LogP contribution in [0, 0.1) is 0 Å². The van der Waals surface area contributed by atoms with Gasteiger partial charge in [0.15, 0.2) is 0 Å². The fourth-order valence-electron chi connectivity index (χ4n) is 2.43. The molecule has 1 aliphatic heterocycles. The van der Waals surface area contributed by atoms with Crippen LogP contribution in [-0.2, 0) is 11.3 Å². The average Bonchev–Trinajstić information content (AvgIpc) is 2.50. The van der Waals surface area contributed by atoms with E-state index in [0.717, 1.165) is 13.1 Å². The minimum atomic E-state index is -0.0957. The van der Waals surface area contributed by atoms with Crippen LogP contribution in [0.1, 0.15) is 0 Å². The highest BCUT2D eigenvalue weighted by Crippen LogP contribution is 2.19. The summed E-state index contributed by atoms with van der Waals surface area (Å²) in [7, 11) is 1.56. The van der Waals surface area contributed by atoms with Crippen LogP contribution in [0.15, 0.2) is 29.3 Å². The Labute approximate surface area is 116 Å². The first-order valence-electron chi connectivity index (χ1n) is 6.64. The summed E-state index contributed by atoms with van der Waals surface area (Å²) in [6, 6.07) is 5.41. The third-order valence-electron chi connectivity index (χ3n) is 3.44. The van der Waals surface area contributed by atoms with E-state index < -0.39 is 0 Å². The third kappa shape index (κ3) is 2.39. The number of benzene rings is 1. The predicted molar refractivity (Wildman–Crippen MR) is 75.2 cm³/mol. The summed E-state index contributed by atoms with van der Waals surface area (Å²) in [6.45, 7) is 2.77. The van der Waals surface area contributed by atoms with Crippen molar-refractivity contribution in [1.29, 1.82) is 0 Å². The number of hydrogen-bond acceptors (Lipinski definition) is 5. The smallest absolute Gasteiger partial charge is 0.265 e. The lowest BCUT2D eigenvalue weighted by atomic mass is 10.2. The molecule has 6 nitrogen and oxygen atoms in total. The van der Waals surface area contributed by atoms with Gasteiger partial charge in [0.1, 0.15) is 11.1 Å². The Hall–Kier alpha value is -1.92. The lowest BCUT2D eigenvalue weighted by molar-refractivity contribution is 0.0175. The van der Waals surface area contributed by atoms with Gasteiger partial charge in [0.25, 0.3) is 5.56 Å². The standard InChI is InChI=1S/C14H17N3O3/c1-19-12-4-2-3-11-13(12)14(18)17(9-16-11)8-10-7-15-5-6-20-10/h2-4,9-10,15H,5-8H2,1H3. The second kappa shape index (κ2) is 5.60. The Balaban J connectivity index is 1.99. The van der Waals surface area contributed by atoms with E-state index in [0.29, 0.717) is 29.8 Å². The van der Waals surface area contributed by atoms with Crippen LogP contribution in [-0.4, -0.2) is 42.5 Å². The SMILES string of the molecule is COc1cccc2ncn(CC3CNCCO3)c(=O)c12. The van der Waals surface area contributed by atoms with Gasteiger partial charge in [0.2, 0.25) is 0 Å². The molecule has 1 aliphatic rings. The van der Waals surface area contributed by atoms with Crippen LogP contribution in [0.5, 0.6) is 5.75 Å². The maximum absolute atomic E-state index is 12.5. The van der Waals surface area contributed by atoms with Crippen LogP contribution in [0.2, 0.25) is 0 Å². The van der Waals surface area contributed by atoms with Gasteiger partial charge in [0, 0.05) is 13.1 Å². The molecule has 3 rings (SSSR count). The number of ether oxygens (including phenoxy) is 2. The van der Waals surface area contributed by atoms with Gasteiger partial charge in [-0.3, -0.25) is 9.36 Å². The number of fused-ring (bicyclic) bond motifs is 1. The molecule has 1 unspecified atom stereocenters. The van der Waals surface area contributed by atoms with Crippen LogP contribution >= 0.6 is 0 Å². The molecule has 0 bridgehead atoms. The monoisotopic (exact) mass is 275 g/mol. The summed E-state index contributed by atoms with van der Waals surface area (Å²) in [5.41, 5.74) is 0.551. The first kappa shape index (κ1) is 13.1. The van der Waals surface area contributed by atoms with Gasteiger partial charge in [-0.05, 0) is 12.1 Å². The molecule has 0 radical (unpaired) electrons. The van der Waals surface area contributed by atoms with Crippen molar-refractivity contribution in [3.63, 3.8) is 0 Å². The maximum atomic E-state index is 12.5. The Morgan fingerprint density at radius 1 is 1.55 bits per heavy atom. The van der Waals surface area contributed by atoms with Gasteiger partial charge in [0.05, 0.1) is 38.2 Å². The number of nitrogens with one attached hydrogen (secondary N) is 1. The van der Waals surface area contributed by atoms with E-state index in [1.54, 1.807) is 24.1 Å². The number of morpholine rings is 1. The topological polar surface area (TPSA) is 65.4 Å². The number of methoxy groups -OCH3 is 1. The molecule has 0 amide bonds. The molecule has 2 heterocycles. The molecule has 1 N–H and O–H groups in total. The van der Waals surface area contributed by atoms with E-state index in [2.05, 4.69) is 10.3 Å². The van der Waals surface area contributed by atoms with Crippen LogP contribution in [0.3, 0.4) is 0 Å². The lowest BCUT2D eigenvalue weighted by Gasteiger charge is -2.24. The van der Waals surface area contributed by atoms with E-state index in [1.807, 2.05) is 12.1 Å². The molecular formula is C14H17N3O3. The van der Waals surface area contributed by atoms with Gasteiger partial charge >= 0.3 is 0 Å². The van der Waals surface area contributed by atoms with Gasteiger partial charge in [-0.2, -0.15) is 0 Å². The molecule has 106 valence electrons. The fourth-order valence-corrected chi connectivity index (χ4v) is 2.43. The van der Waals surface area contributed by atoms with Gasteiger partial charge in [-0.15, -0.1) is 0 Å². The molecule has 0 aliphatic carbocycles. The number of aromatic nitrogens is 2. The van der Waals surface area contributed by atoms with Crippen molar-refractivity contribution in [1.82, 2.24) is 14.9 Å². The van der Waals surface area contributed by atoms with E-state index >= 15 is 0 Å². The van der Waals surface area contributed by atoms with Gasteiger partial charge in [-0.25, -0.2) is 4.98 Å². The zero-order chi connectivity index (χ0) is 13.9. The van der Waals surface area contributed by atoms with E-state index in [-0.39, 0.29) is 11.7 Å². The number of hydrogen-bond donors (Lipinski definition) is 1. The summed E-state index contributed by atoms with van der Waals surface area (Å²) in [4.78, 5) is 16.9.